The summed E-state index contributed by atoms with van der Waals surface area (Å²) in [6.45, 7) is 7.88. The number of nitrogens with one attached hydrogen (secondary N) is 1. The number of rotatable bonds is 6. The minimum Gasteiger partial charge on any atom is -0.307 e. The highest BCUT2D eigenvalue weighted by molar-refractivity contribution is 5.34. The van der Waals surface area contributed by atoms with Crippen LogP contribution in [0.4, 0.5) is 5.69 Å². The highest BCUT2D eigenvalue weighted by atomic mass is 16.6. The summed E-state index contributed by atoms with van der Waals surface area (Å²) in [5, 5.41) is 14.3. The third kappa shape index (κ3) is 4.51. The number of nitro benzene ring substituents is 1. The molecule has 0 bridgehead atoms. The molecular formula is C16H25N3O2. The molecule has 116 valence electrons. The van der Waals surface area contributed by atoms with Crippen LogP contribution in [0.3, 0.4) is 0 Å². The fourth-order valence-corrected chi connectivity index (χ4v) is 2.97. The highest BCUT2D eigenvalue weighted by Gasteiger charge is 2.20. The molecule has 1 N–H and O–H groups in total. The third-order valence-electron chi connectivity index (χ3n) is 4.22. The Morgan fingerprint density at radius 3 is 2.48 bits per heavy atom. The lowest BCUT2D eigenvalue weighted by Crippen LogP contribution is -2.43. The minimum atomic E-state index is -0.356. The first-order chi connectivity index (χ1) is 10.1. The van der Waals surface area contributed by atoms with Gasteiger partial charge in [0.1, 0.15) is 0 Å². The lowest BCUT2D eigenvalue weighted by molar-refractivity contribution is -0.384. The number of non-ortho nitro benzene ring substituents is 1. The Bertz CT molecular complexity index is 453. The van der Waals surface area contributed by atoms with E-state index in [1.54, 1.807) is 12.1 Å². The normalized spacial score (nSPS) is 18.6. The zero-order valence-corrected chi connectivity index (χ0v) is 12.9. The Morgan fingerprint density at radius 1 is 1.33 bits per heavy atom. The van der Waals surface area contributed by atoms with Crippen LogP contribution in [-0.4, -0.2) is 35.5 Å². The molecule has 1 unspecified atom stereocenters. The number of piperidine rings is 1. The van der Waals surface area contributed by atoms with E-state index in [2.05, 4.69) is 24.1 Å². The van der Waals surface area contributed by atoms with Crippen LogP contribution >= 0.6 is 0 Å². The monoisotopic (exact) mass is 291 g/mol. The molecule has 1 aliphatic heterocycles. The number of hydrogen-bond acceptors (Lipinski definition) is 4. The summed E-state index contributed by atoms with van der Waals surface area (Å²) in [6.07, 6.45) is 3.58. The lowest BCUT2D eigenvalue weighted by atomic mass is 10.0. The van der Waals surface area contributed by atoms with Gasteiger partial charge in [0.15, 0.2) is 0 Å². The highest BCUT2D eigenvalue weighted by Crippen LogP contribution is 2.20. The first-order valence-electron chi connectivity index (χ1n) is 7.83. The average Bonchev–Trinajstić information content (AvgIpc) is 2.49. The van der Waals surface area contributed by atoms with Crippen molar-refractivity contribution in [2.75, 3.05) is 19.6 Å². The van der Waals surface area contributed by atoms with Crippen molar-refractivity contribution >= 4 is 5.69 Å². The smallest absolute Gasteiger partial charge is 0.269 e. The van der Waals surface area contributed by atoms with Crippen molar-refractivity contribution in [2.24, 2.45) is 0 Å². The van der Waals surface area contributed by atoms with Crippen LogP contribution in [0, 0.1) is 10.1 Å². The van der Waals surface area contributed by atoms with Crippen LogP contribution < -0.4 is 5.32 Å². The van der Waals surface area contributed by atoms with Gasteiger partial charge < -0.3 is 10.2 Å². The Kier molecular flexibility index (Phi) is 5.70. The molecule has 1 heterocycles. The zero-order chi connectivity index (χ0) is 15.2. The Hall–Kier alpha value is -1.46. The second-order valence-corrected chi connectivity index (χ2v) is 5.85. The van der Waals surface area contributed by atoms with Gasteiger partial charge in [-0.05, 0) is 51.4 Å². The van der Waals surface area contributed by atoms with Gasteiger partial charge in [0.2, 0.25) is 0 Å². The van der Waals surface area contributed by atoms with Gasteiger partial charge in [-0.15, -0.1) is 0 Å². The van der Waals surface area contributed by atoms with Crippen LogP contribution in [0.25, 0.3) is 0 Å². The molecule has 2 rings (SSSR count). The number of likely N-dealkylation sites (tertiary alicyclic amines) is 1. The van der Waals surface area contributed by atoms with Crippen LogP contribution in [-0.2, 0) is 0 Å². The lowest BCUT2D eigenvalue weighted by Gasteiger charge is -2.33. The first-order valence-corrected chi connectivity index (χ1v) is 7.83. The molecule has 21 heavy (non-hydrogen) atoms. The second kappa shape index (κ2) is 7.52. The minimum absolute atomic E-state index is 0.152. The summed E-state index contributed by atoms with van der Waals surface area (Å²) in [5.41, 5.74) is 1.26. The van der Waals surface area contributed by atoms with E-state index in [0.717, 1.165) is 5.56 Å². The molecule has 1 atom stereocenters. The molecule has 1 fully saturated rings. The Morgan fingerprint density at radius 2 is 1.95 bits per heavy atom. The summed E-state index contributed by atoms with van der Waals surface area (Å²) < 4.78 is 0. The summed E-state index contributed by atoms with van der Waals surface area (Å²) in [7, 11) is 0. The predicted octanol–water partition coefficient (Wildman–Crippen LogP) is 3.12. The molecule has 0 aromatic heterocycles. The SMILES string of the molecule is CCCN1CCC(NC(C)c2ccc([N+](=O)[O-])cc2)CC1. The standard InChI is InChI=1S/C16H25N3O2/c1-3-10-18-11-8-15(9-12-18)17-13(2)14-4-6-16(7-5-14)19(20)21/h4-7,13,15,17H,3,8-12H2,1-2H3. The van der Waals surface area contributed by atoms with E-state index in [1.165, 1.54) is 38.9 Å². The molecule has 5 heteroatoms. The van der Waals surface area contributed by atoms with Gasteiger partial charge in [-0.25, -0.2) is 0 Å². The van der Waals surface area contributed by atoms with Gasteiger partial charge in [0.25, 0.3) is 5.69 Å². The van der Waals surface area contributed by atoms with Crippen LogP contribution in [0.15, 0.2) is 24.3 Å². The summed E-state index contributed by atoms with van der Waals surface area (Å²) in [4.78, 5) is 12.8. The largest absolute Gasteiger partial charge is 0.307 e. The van der Waals surface area contributed by atoms with Crippen molar-refractivity contribution in [3.8, 4) is 0 Å². The molecule has 1 aromatic carbocycles. The predicted molar refractivity (Wildman–Crippen MR) is 84.4 cm³/mol. The van der Waals surface area contributed by atoms with E-state index in [9.17, 15) is 10.1 Å². The van der Waals surface area contributed by atoms with Crippen LogP contribution in [0.5, 0.6) is 0 Å². The maximum Gasteiger partial charge on any atom is 0.269 e. The third-order valence-corrected chi connectivity index (χ3v) is 4.22. The number of benzene rings is 1. The Labute approximate surface area is 126 Å². The average molecular weight is 291 g/mol. The number of nitrogens with zero attached hydrogens (tertiary/aromatic N) is 2. The first kappa shape index (κ1) is 15.9. The van der Waals surface area contributed by atoms with Gasteiger partial charge >= 0.3 is 0 Å². The summed E-state index contributed by atoms with van der Waals surface area (Å²) in [6, 6.07) is 7.63. The van der Waals surface area contributed by atoms with Crippen molar-refractivity contribution in [1.82, 2.24) is 10.2 Å². The molecule has 0 saturated carbocycles. The molecule has 1 aromatic rings. The molecule has 5 nitrogen and oxygen atoms in total. The summed E-state index contributed by atoms with van der Waals surface area (Å²) >= 11 is 0. The second-order valence-electron chi connectivity index (χ2n) is 5.85. The topological polar surface area (TPSA) is 58.4 Å². The number of nitro groups is 1. The van der Waals surface area contributed by atoms with Crippen LogP contribution in [0.1, 0.15) is 44.7 Å². The van der Waals surface area contributed by atoms with Gasteiger partial charge in [-0.1, -0.05) is 19.1 Å². The van der Waals surface area contributed by atoms with E-state index in [1.807, 2.05) is 12.1 Å². The zero-order valence-electron chi connectivity index (χ0n) is 12.9. The van der Waals surface area contributed by atoms with E-state index < -0.39 is 0 Å². The van der Waals surface area contributed by atoms with Gasteiger partial charge in [0.05, 0.1) is 4.92 Å². The molecule has 0 aliphatic carbocycles. The van der Waals surface area contributed by atoms with Gasteiger partial charge in [0, 0.05) is 24.2 Å². The van der Waals surface area contributed by atoms with Gasteiger partial charge in [-0.2, -0.15) is 0 Å². The van der Waals surface area contributed by atoms with Crippen molar-refractivity contribution in [2.45, 2.75) is 45.2 Å². The van der Waals surface area contributed by atoms with Crippen molar-refractivity contribution < 1.29 is 4.92 Å². The fraction of sp³-hybridized carbons (Fsp3) is 0.625. The van der Waals surface area contributed by atoms with Crippen molar-refractivity contribution in [1.29, 1.82) is 0 Å². The van der Waals surface area contributed by atoms with E-state index in [4.69, 9.17) is 0 Å². The molecule has 1 aliphatic rings. The number of hydrogen-bond donors (Lipinski definition) is 1. The Balaban J connectivity index is 1.84. The maximum atomic E-state index is 10.7. The van der Waals surface area contributed by atoms with Crippen LogP contribution in [0.2, 0.25) is 0 Å². The van der Waals surface area contributed by atoms with E-state index >= 15 is 0 Å². The van der Waals surface area contributed by atoms with Crippen molar-refractivity contribution in [3.63, 3.8) is 0 Å². The van der Waals surface area contributed by atoms with Crippen molar-refractivity contribution in [3.05, 3.63) is 39.9 Å². The molecular weight excluding hydrogens is 266 g/mol. The molecule has 0 amide bonds. The van der Waals surface area contributed by atoms with E-state index in [-0.39, 0.29) is 16.7 Å². The van der Waals surface area contributed by atoms with E-state index in [0.29, 0.717) is 6.04 Å². The molecule has 0 spiro atoms. The molecule has 1 saturated heterocycles. The molecule has 0 radical (unpaired) electrons. The fourth-order valence-electron chi connectivity index (χ4n) is 2.97. The quantitative estimate of drug-likeness (QED) is 0.646. The van der Waals surface area contributed by atoms with Gasteiger partial charge in [-0.3, -0.25) is 10.1 Å². The maximum absolute atomic E-state index is 10.7. The summed E-state index contributed by atoms with van der Waals surface area (Å²) in [5.74, 6) is 0.